The van der Waals surface area contributed by atoms with Crippen molar-refractivity contribution in [1.29, 1.82) is 0 Å². The Hall–Kier alpha value is -4.14. The van der Waals surface area contributed by atoms with Crippen LogP contribution in [0.4, 0.5) is 0 Å². The molecule has 1 amide bonds. The molecule has 1 saturated heterocycles. The SMILES string of the molecule is C=C(CCC(=O)CCCCCCC(=O)N1C[C@H](O)C[C@H]1COC(c1ccccc1)(c1ccc(OC)cc1)c1ccc(OC)cc1)OC. The summed E-state index contributed by atoms with van der Waals surface area (Å²) in [4.78, 5) is 27.3. The van der Waals surface area contributed by atoms with E-state index in [1.165, 1.54) is 0 Å². The van der Waals surface area contributed by atoms with Crippen LogP contribution >= 0.6 is 0 Å². The van der Waals surface area contributed by atoms with E-state index in [4.69, 9.17) is 18.9 Å². The Kier molecular flexibility index (Phi) is 13.4. The molecule has 3 aromatic carbocycles. The van der Waals surface area contributed by atoms with E-state index in [2.05, 4.69) is 6.58 Å². The van der Waals surface area contributed by atoms with Gasteiger partial charge in [-0.3, -0.25) is 9.59 Å². The lowest BCUT2D eigenvalue weighted by Crippen LogP contribution is -2.42. The minimum atomic E-state index is -1.00. The van der Waals surface area contributed by atoms with E-state index in [0.717, 1.165) is 53.9 Å². The second-order valence-corrected chi connectivity index (χ2v) is 12.1. The van der Waals surface area contributed by atoms with Crippen LogP contribution in [0, 0.1) is 0 Å². The van der Waals surface area contributed by atoms with E-state index in [0.29, 0.717) is 37.9 Å². The van der Waals surface area contributed by atoms with Crippen LogP contribution in [0.3, 0.4) is 0 Å². The lowest BCUT2D eigenvalue weighted by atomic mass is 9.80. The minimum absolute atomic E-state index is 0.0171. The summed E-state index contributed by atoms with van der Waals surface area (Å²) in [5, 5.41) is 10.7. The first kappa shape index (κ1) is 35.7. The Labute approximate surface area is 279 Å². The quantitative estimate of drug-likeness (QED) is 0.0870. The van der Waals surface area contributed by atoms with Crippen LogP contribution in [0.25, 0.3) is 0 Å². The number of hydrogen-bond acceptors (Lipinski definition) is 7. The molecule has 0 radical (unpaired) electrons. The Balaban J connectivity index is 1.46. The third-order valence-corrected chi connectivity index (χ3v) is 8.95. The normalized spacial score (nSPS) is 16.1. The lowest BCUT2D eigenvalue weighted by molar-refractivity contribution is -0.134. The first-order valence-electron chi connectivity index (χ1n) is 16.5. The van der Waals surface area contributed by atoms with Crippen molar-refractivity contribution in [3.8, 4) is 11.5 Å². The highest BCUT2D eigenvalue weighted by Gasteiger charge is 2.41. The second kappa shape index (κ2) is 17.7. The lowest BCUT2D eigenvalue weighted by Gasteiger charge is -2.38. The number of Topliss-reactive ketones (excluding diaryl/α,β-unsaturated/α-hetero) is 1. The maximum absolute atomic E-state index is 13.5. The van der Waals surface area contributed by atoms with Crippen LogP contribution in [0.1, 0.15) is 74.5 Å². The molecule has 1 heterocycles. The van der Waals surface area contributed by atoms with Gasteiger partial charge in [0, 0.05) is 32.2 Å². The molecule has 1 aliphatic rings. The first-order valence-corrected chi connectivity index (χ1v) is 16.5. The topological polar surface area (TPSA) is 94.5 Å². The van der Waals surface area contributed by atoms with Crippen LogP contribution < -0.4 is 9.47 Å². The Bertz CT molecular complexity index is 1370. The maximum Gasteiger partial charge on any atom is 0.222 e. The molecular weight excluding hydrogens is 594 g/mol. The van der Waals surface area contributed by atoms with Crippen molar-refractivity contribution in [2.45, 2.75) is 75.5 Å². The fraction of sp³-hybridized carbons (Fsp3) is 0.436. The largest absolute Gasteiger partial charge is 0.502 e. The number of methoxy groups -OCH3 is 3. The Morgan fingerprint density at radius 2 is 1.32 bits per heavy atom. The number of hydrogen-bond donors (Lipinski definition) is 1. The molecule has 3 aromatic rings. The summed E-state index contributed by atoms with van der Waals surface area (Å²) in [7, 11) is 4.84. The predicted octanol–water partition coefficient (Wildman–Crippen LogP) is 6.82. The summed E-state index contributed by atoms with van der Waals surface area (Å²) in [5.41, 5.74) is 1.76. The number of ketones is 1. The van der Waals surface area contributed by atoms with E-state index in [1.807, 2.05) is 78.9 Å². The van der Waals surface area contributed by atoms with Crippen LogP contribution in [0.2, 0.25) is 0 Å². The van der Waals surface area contributed by atoms with Gasteiger partial charge in [0.15, 0.2) is 0 Å². The summed E-state index contributed by atoms with van der Waals surface area (Å²) in [6, 6.07) is 25.5. The number of nitrogens with zero attached hydrogens (tertiary/aromatic N) is 1. The van der Waals surface area contributed by atoms with E-state index in [-0.39, 0.29) is 30.9 Å². The Morgan fingerprint density at radius 1 is 0.766 bits per heavy atom. The smallest absolute Gasteiger partial charge is 0.222 e. The molecule has 252 valence electrons. The number of ether oxygens (including phenoxy) is 4. The van der Waals surface area contributed by atoms with Crippen LogP contribution in [-0.4, -0.2) is 68.3 Å². The van der Waals surface area contributed by atoms with E-state index in [9.17, 15) is 14.7 Å². The number of β-amino-alcohol motifs (C(OH)–C–C–N with tert-alkyl or cyclic N) is 1. The maximum atomic E-state index is 13.5. The fourth-order valence-corrected chi connectivity index (χ4v) is 6.25. The highest BCUT2D eigenvalue weighted by molar-refractivity contribution is 5.78. The van der Waals surface area contributed by atoms with E-state index in [1.54, 1.807) is 26.2 Å². The van der Waals surface area contributed by atoms with Gasteiger partial charge >= 0.3 is 0 Å². The van der Waals surface area contributed by atoms with Crippen molar-refractivity contribution in [2.75, 3.05) is 34.5 Å². The molecule has 47 heavy (non-hydrogen) atoms. The number of carbonyl (C=O) groups excluding carboxylic acids is 2. The number of allylic oxidation sites excluding steroid dienone is 1. The van der Waals surface area contributed by atoms with E-state index >= 15 is 0 Å². The fourth-order valence-electron chi connectivity index (χ4n) is 6.25. The molecule has 0 aliphatic carbocycles. The molecule has 1 aliphatic heterocycles. The molecule has 1 N–H and O–H groups in total. The van der Waals surface area contributed by atoms with Gasteiger partial charge < -0.3 is 29.0 Å². The number of unbranched alkanes of at least 4 members (excludes halogenated alkanes) is 3. The van der Waals surface area contributed by atoms with E-state index < -0.39 is 11.7 Å². The molecule has 0 aromatic heterocycles. The Morgan fingerprint density at radius 3 is 1.87 bits per heavy atom. The number of benzene rings is 3. The van der Waals surface area contributed by atoms with Gasteiger partial charge in [0.05, 0.1) is 45.8 Å². The van der Waals surface area contributed by atoms with Crippen molar-refractivity contribution in [3.63, 3.8) is 0 Å². The summed E-state index contributed by atoms with van der Waals surface area (Å²) < 4.78 is 23.0. The van der Waals surface area contributed by atoms with Gasteiger partial charge in [-0.15, -0.1) is 0 Å². The van der Waals surface area contributed by atoms with Crippen molar-refractivity contribution < 1.29 is 33.6 Å². The monoisotopic (exact) mass is 643 g/mol. The molecular formula is C39H49NO7. The third kappa shape index (κ3) is 9.46. The second-order valence-electron chi connectivity index (χ2n) is 12.1. The zero-order valence-electron chi connectivity index (χ0n) is 28.0. The predicted molar refractivity (Wildman–Crippen MR) is 182 cm³/mol. The molecule has 4 rings (SSSR count). The summed E-state index contributed by atoms with van der Waals surface area (Å²) in [6.45, 7) is 4.28. The highest BCUT2D eigenvalue weighted by atomic mass is 16.5. The average Bonchev–Trinajstić information content (AvgIpc) is 3.50. The van der Waals surface area contributed by atoms with Crippen LogP contribution in [0.15, 0.2) is 91.2 Å². The van der Waals surface area contributed by atoms with Gasteiger partial charge in [0.1, 0.15) is 22.9 Å². The van der Waals surface area contributed by atoms with Gasteiger partial charge in [-0.05, 0) is 60.2 Å². The number of rotatable bonds is 19. The van der Waals surface area contributed by atoms with Gasteiger partial charge in [0.2, 0.25) is 5.91 Å². The average molecular weight is 644 g/mol. The molecule has 0 unspecified atom stereocenters. The molecule has 2 atom stereocenters. The molecule has 0 spiro atoms. The minimum Gasteiger partial charge on any atom is -0.502 e. The van der Waals surface area contributed by atoms with Crippen LogP contribution in [-0.2, 0) is 24.7 Å². The van der Waals surface area contributed by atoms with Crippen molar-refractivity contribution in [2.24, 2.45) is 0 Å². The molecule has 8 nitrogen and oxygen atoms in total. The number of aliphatic hydroxyl groups is 1. The van der Waals surface area contributed by atoms with Gasteiger partial charge in [0.25, 0.3) is 0 Å². The molecule has 0 bridgehead atoms. The number of aliphatic hydroxyl groups excluding tert-OH is 1. The number of likely N-dealkylation sites (tertiary alicyclic amines) is 1. The summed E-state index contributed by atoms with van der Waals surface area (Å²) in [5.74, 6) is 2.33. The van der Waals surface area contributed by atoms with Crippen molar-refractivity contribution in [3.05, 3.63) is 108 Å². The van der Waals surface area contributed by atoms with Crippen molar-refractivity contribution >= 4 is 11.7 Å². The highest BCUT2D eigenvalue weighted by Crippen LogP contribution is 2.42. The number of amides is 1. The van der Waals surface area contributed by atoms with Gasteiger partial charge in [-0.25, -0.2) is 0 Å². The van der Waals surface area contributed by atoms with Gasteiger partial charge in [-0.1, -0.05) is 74.0 Å². The zero-order chi connectivity index (χ0) is 33.6. The van der Waals surface area contributed by atoms with Crippen LogP contribution in [0.5, 0.6) is 11.5 Å². The molecule has 0 saturated carbocycles. The van der Waals surface area contributed by atoms with Crippen molar-refractivity contribution in [1.82, 2.24) is 4.90 Å². The third-order valence-electron chi connectivity index (χ3n) is 8.95. The molecule has 8 heteroatoms. The first-order chi connectivity index (χ1) is 22.8. The molecule has 1 fully saturated rings. The summed E-state index contributed by atoms with van der Waals surface area (Å²) in [6.07, 6.45) is 5.08. The number of carbonyl (C=O) groups is 2. The zero-order valence-corrected chi connectivity index (χ0v) is 28.0. The standard InChI is InChI=1S/C39H49NO7/c1-29(44-2)16-21-34(41)14-10-5-6-11-15-38(43)40-27-35(42)26-33(40)28-47-39(30-12-8-7-9-13-30,31-17-22-36(45-3)23-18-31)32-19-24-37(46-4)25-20-32/h7-9,12-13,17-20,22-25,33,35,42H,1,5-6,10-11,14-16,21,26-28H2,2-4H3/t33-,35+/m0/s1. The van der Waals surface area contributed by atoms with Gasteiger partial charge in [-0.2, -0.15) is 0 Å². The summed E-state index contributed by atoms with van der Waals surface area (Å²) >= 11 is 0.